The van der Waals surface area contributed by atoms with Crippen LogP contribution in [0.5, 0.6) is 17.2 Å². The lowest BCUT2D eigenvalue weighted by Gasteiger charge is -2.10. The molecule has 0 fully saturated rings. The molecular formula is C15H14O5. The fourth-order valence-electron chi connectivity index (χ4n) is 1.75. The summed E-state index contributed by atoms with van der Waals surface area (Å²) in [6, 6.07) is 11.5. The Bertz CT molecular complexity index is 621. The summed E-state index contributed by atoms with van der Waals surface area (Å²) in [5.74, 6) is -0.256. The molecule has 20 heavy (non-hydrogen) atoms. The highest BCUT2D eigenvalue weighted by Gasteiger charge is 2.10. The molecule has 0 spiro atoms. The van der Waals surface area contributed by atoms with Crippen LogP contribution < -0.4 is 9.47 Å². The largest absolute Gasteiger partial charge is 0.507 e. The minimum Gasteiger partial charge on any atom is -0.507 e. The van der Waals surface area contributed by atoms with Crippen LogP contribution in [0.2, 0.25) is 0 Å². The van der Waals surface area contributed by atoms with Crippen molar-refractivity contribution in [2.24, 2.45) is 0 Å². The Labute approximate surface area is 116 Å². The summed E-state index contributed by atoms with van der Waals surface area (Å²) in [5.41, 5.74) is 0.532. The second-order valence-corrected chi connectivity index (χ2v) is 4.10. The predicted molar refractivity (Wildman–Crippen MR) is 72.4 cm³/mol. The summed E-state index contributed by atoms with van der Waals surface area (Å²) in [6.07, 6.45) is 0. The second-order valence-electron chi connectivity index (χ2n) is 4.10. The van der Waals surface area contributed by atoms with Gasteiger partial charge in [-0.15, -0.1) is 0 Å². The van der Waals surface area contributed by atoms with E-state index in [1.807, 2.05) is 12.1 Å². The average molecular weight is 274 g/mol. The summed E-state index contributed by atoms with van der Waals surface area (Å²) < 4.78 is 10.7. The van der Waals surface area contributed by atoms with Crippen molar-refractivity contribution in [3.63, 3.8) is 0 Å². The van der Waals surface area contributed by atoms with Gasteiger partial charge < -0.3 is 19.7 Å². The highest BCUT2D eigenvalue weighted by Crippen LogP contribution is 2.27. The molecule has 0 aliphatic heterocycles. The smallest absolute Gasteiger partial charge is 0.339 e. The maximum absolute atomic E-state index is 10.8. The van der Waals surface area contributed by atoms with Gasteiger partial charge in [-0.25, -0.2) is 4.79 Å². The molecule has 2 aromatic rings. The van der Waals surface area contributed by atoms with Gasteiger partial charge in [-0.1, -0.05) is 18.2 Å². The lowest BCUT2D eigenvalue weighted by atomic mass is 10.1. The van der Waals surface area contributed by atoms with Crippen LogP contribution in [0.4, 0.5) is 0 Å². The topological polar surface area (TPSA) is 76.0 Å². The van der Waals surface area contributed by atoms with Gasteiger partial charge in [0.15, 0.2) is 11.5 Å². The Morgan fingerprint density at radius 3 is 2.45 bits per heavy atom. The van der Waals surface area contributed by atoms with Gasteiger partial charge in [-0.2, -0.15) is 0 Å². The van der Waals surface area contributed by atoms with E-state index in [0.717, 1.165) is 0 Å². The Balaban J connectivity index is 2.11. The zero-order chi connectivity index (χ0) is 14.5. The van der Waals surface area contributed by atoms with Crippen molar-refractivity contribution in [1.82, 2.24) is 0 Å². The molecule has 0 atom stereocenters. The number of carboxylic acid groups (broad SMARTS) is 1. The fourth-order valence-corrected chi connectivity index (χ4v) is 1.75. The Morgan fingerprint density at radius 2 is 1.85 bits per heavy atom. The zero-order valence-electron chi connectivity index (χ0n) is 10.9. The SMILES string of the molecule is COc1ccccc1OCc1ccc(C(=O)O)c(O)c1. The Kier molecular flexibility index (Phi) is 4.10. The molecule has 5 nitrogen and oxygen atoms in total. The standard InChI is InChI=1S/C15H14O5/c1-19-13-4-2-3-5-14(13)20-9-10-6-7-11(15(17)18)12(16)8-10/h2-8,16H,9H2,1H3,(H,17,18). The van der Waals surface area contributed by atoms with E-state index >= 15 is 0 Å². The van der Waals surface area contributed by atoms with E-state index in [2.05, 4.69) is 0 Å². The first-order valence-corrected chi connectivity index (χ1v) is 5.93. The molecule has 0 saturated heterocycles. The monoisotopic (exact) mass is 274 g/mol. The summed E-state index contributed by atoms with van der Waals surface area (Å²) in [5, 5.41) is 18.4. The van der Waals surface area contributed by atoms with Gasteiger partial charge in [-0.05, 0) is 29.8 Å². The highest BCUT2D eigenvalue weighted by molar-refractivity contribution is 5.90. The van der Waals surface area contributed by atoms with E-state index in [4.69, 9.17) is 14.6 Å². The van der Waals surface area contributed by atoms with Gasteiger partial charge in [0.25, 0.3) is 0 Å². The van der Waals surface area contributed by atoms with E-state index < -0.39 is 5.97 Å². The van der Waals surface area contributed by atoms with Crippen LogP contribution in [0.3, 0.4) is 0 Å². The molecule has 0 aromatic heterocycles. The molecular weight excluding hydrogens is 260 g/mol. The van der Waals surface area contributed by atoms with Crippen molar-refractivity contribution in [1.29, 1.82) is 0 Å². The van der Waals surface area contributed by atoms with Crippen molar-refractivity contribution in [2.75, 3.05) is 7.11 Å². The van der Waals surface area contributed by atoms with Gasteiger partial charge in [-0.3, -0.25) is 0 Å². The number of ether oxygens (including phenoxy) is 2. The van der Waals surface area contributed by atoms with Crippen LogP contribution in [0.25, 0.3) is 0 Å². The number of carbonyl (C=O) groups is 1. The van der Waals surface area contributed by atoms with Crippen LogP contribution in [0.1, 0.15) is 15.9 Å². The molecule has 2 N–H and O–H groups in total. The van der Waals surface area contributed by atoms with E-state index in [1.54, 1.807) is 25.3 Å². The van der Waals surface area contributed by atoms with Crippen molar-refractivity contribution in [2.45, 2.75) is 6.61 Å². The quantitative estimate of drug-likeness (QED) is 0.876. The average Bonchev–Trinajstić information content (AvgIpc) is 2.45. The lowest BCUT2D eigenvalue weighted by Crippen LogP contribution is -2.00. The molecule has 5 heteroatoms. The van der Waals surface area contributed by atoms with Gasteiger partial charge in [0.05, 0.1) is 7.11 Å². The molecule has 0 unspecified atom stereocenters. The van der Waals surface area contributed by atoms with Crippen molar-refractivity contribution in [3.8, 4) is 17.2 Å². The van der Waals surface area contributed by atoms with E-state index in [1.165, 1.54) is 12.1 Å². The van der Waals surface area contributed by atoms with Crippen molar-refractivity contribution >= 4 is 5.97 Å². The molecule has 104 valence electrons. The minimum atomic E-state index is -1.17. The summed E-state index contributed by atoms with van der Waals surface area (Å²) in [6.45, 7) is 0.202. The Hall–Kier alpha value is -2.69. The molecule has 0 aliphatic rings. The predicted octanol–water partition coefficient (Wildman–Crippen LogP) is 2.68. The first-order chi connectivity index (χ1) is 9.61. The van der Waals surface area contributed by atoms with E-state index in [0.29, 0.717) is 17.1 Å². The van der Waals surface area contributed by atoms with E-state index in [9.17, 15) is 9.90 Å². The molecule has 0 aliphatic carbocycles. The van der Waals surface area contributed by atoms with Crippen LogP contribution >= 0.6 is 0 Å². The number of benzene rings is 2. The number of hydrogen-bond donors (Lipinski definition) is 2. The fraction of sp³-hybridized carbons (Fsp3) is 0.133. The molecule has 0 saturated carbocycles. The molecule has 0 radical (unpaired) electrons. The number of aromatic hydroxyl groups is 1. The third-order valence-corrected chi connectivity index (χ3v) is 2.76. The number of phenols is 1. The molecule has 0 heterocycles. The second kappa shape index (κ2) is 5.97. The number of aromatic carboxylic acids is 1. The number of rotatable bonds is 5. The van der Waals surface area contributed by atoms with Crippen LogP contribution in [0, 0.1) is 0 Å². The van der Waals surface area contributed by atoms with Gasteiger partial charge in [0.2, 0.25) is 0 Å². The third-order valence-electron chi connectivity index (χ3n) is 2.76. The summed E-state index contributed by atoms with van der Waals surface area (Å²) in [7, 11) is 1.55. The normalized spacial score (nSPS) is 10.1. The molecule has 2 aromatic carbocycles. The van der Waals surface area contributed by atoms with Gasteiger partial charge in [0, 0.05) is 0 Å². The molecule has 0 bridgehead atoms. The highest BCUT2D eigenvalue weighted by atomic mass is 16.5. The summed E-state index contributed by atoms with van der Waals surface area (Å²) in [4.78, 5) is 10.8. The maximum atomic E-state index is 10.8. The van der Waals surface area contributed by atoms with Crippen molar-refractivity contribution < 1.29 is 24.5 Å². The number of carboxylic acids is 1. The van der Waals surface area contributed by atoms with Gasteiger partial charge >= 0.3 is 5.97 Å². The van der Waals surface area contributed by atoms with Crippen molar-refractivity contribution in [3.05, 3.63) is 53.6 Å². The first-order valence-electron chi connectivity index (χ1n) is 5.93. The number of para-hydroxylation sites is 2. The summed E-state index contributed by atoms with van der Waals surface area (Å²) >= 11 is 0. The number of hydrogen-bond acceptors (Lipinski definition) is 4. The minimum absolute atomic E-state index is 0.133. The third kappa shape index (κ3) is 3.00. The molecule has 0 amide bonds. The first kappa shape index (κ1) is 13.7. The van der Waals surface area contributed by atoms with Crippen LogP contribution in [-0.4, -0.2) is 23.3 Å². The molecule has 2 rings (SSSR count). The van der Waals surface area contributed by atoms with Crippen LogP contribution in [0.15, 0.2) is 42.5 Å². The zero-order valence-corrected chi connectivity index (χ0v) is 10.9. The maximum Gasteiger partial charge on any atom is 0.339 e. The van der Waals surface area contributed by atoms with Crippen LogP contribution in [-0.2, 0) is 6.61 Å². The Morgan fingerprint density at radius 1 is 1.15 bits per heavy atom. The van der Waals surface area contributed by atoms with Gasteiger partial charge in [0.1, 0.15) is 17.9 Å². The van der Waals surface area contributed by atoms with E-state index in [-0.39, 0.29) is 17.9 Å². The lowest BCUT2D eigenvalue weighted by molar-refractivity contribution is 0.0693. The number of methoxy groups -OCH3 is 1.